The number of nitrogens with one attached hydrogen (secondary N) is 2. The van der Waals surface area contributed by atoms with Crippen LogP contribution in [0.25, 0.3) is 10.9 Å². The van der Waals surface area contributed by atoms with Gasteiger partial charge < -0.3 is 15.2 Å². The molecule has 6 heteroatoms. The monoisotopic (exact) mass is 349 g/mol. The third-order valence-corrected chi connectivity index (χ3v) is 5.24. The molecule has 0 radical (unpaired) electrons. The highest BCUT2D eigenvalue weighted by Crippen LogP contribution is 2.23. The minimum atomic E-state index is -0.000404. The predicted octanol–water partition coefficient (Wildman–Crippen LogP) is 2.97. The Morgan fingerprint density at radius 2 is 1.92 bits per heavy atom. The molecule has 2 aromatic heterocycles. The molecule has 0 saturated carbocycles. The van der Waals surface area contributed by atoms with Gasteiger partial charge in [0.2, 0.25) is 5.95 Å². The molecular weight excluding hydrogens is 326 g/mol. The molecule has 1 aliphatic heterocycles. The number of hydrogen-bond acceptors (Lipinski definition) is 4. The fourth-order valence-corrected chi connectivity index (χ4v) is 3.55. The van der Waals surface area contributed by atoms with Crippen molar-refractivity contribution in [2.75, 3.05) is 18.0 Å². The molecule has 1 fully saturated rings. The molecule has 134 valence electrons. The molecule has 26 heavy (non-hydrogen) atoms. The first-order valence-corrected chi connectivity index (χ1v) is 9.03. The highest BCUT2D eigenvalue weighted by atomic mass is 16.1. The Morgan fingerprint density at radius 3 is 2.65 bits per heavy atom. The number of aromatic amines is 1. The molecule has 0 unspecified atom stereocenters. The van der Waals surface area contributed by atoms with Crippen LogP contribution in [0.15, 0.2) is 36.7 Å². The maximum atomic E-state index is 12.7. The van der Waals surface area contributed by atoms with Crippen LogP contribution in [-0.4, -0.2) is 40.0 Å². The zero-order valence-electron chi connectivity index (χ0n) is 15.1. The first-order valence-electron chi connectivity index (χ1n) is 9.03. The quantitative estimate of drug-likeness (QED) is 0.762. The number of carbonyl (C=O) groups is 1. The minimum Gasteiger partial charge on any atom is -0.358 e. The molecular formula is C20H23N5O. The molecule has 1 aliphatic rings. The van der Waals surface area contributed by atoms with Crippen molar-refractivity contribution in [3.63, 3.8) is 0 Å². The Labute approximate surface area is 152 Å². The average Bonchev–Trinajstić information content (AvgIpc) is 2.96. The van der Waals surface area contributed by atoms with Crippen molar-refractivity contribution < 1.29 is 4.79 Å². The van der Waals surface area contributed by atoms with Crippen LogP contribution in [0.3, 0.4) is 0 Å². The molecule has 0 bridgehead atoms. The lowest BCUT2D eigenvalue weighted by Crippen LogP contribution is -2.45. The zero-order chi connectivity index (χ0) is 18.1. The van der Waals surface area contributed by atoms with E-state index in [0.717, 1.165) is 48.5 Å². The fraction of sp³-hybridized carbons (Fsp3) is 0.350. The van der Waals surface area contributed by atoms with Crippen LogP contribution in [0.2, 0.25) is 0 Å². The summed E-state index contributed by atoms with van der Waals surface area (Å²) in [5.41, 5.74) is 4.14. The van der Waals surface area contributed by atoms with E-state index in [1.54, 1.807) is 12.4 Å². The number of fused-ring (bicyclic) bond motifs is 1. The third-order valence-electron chi connectivity index (χ3n) is 5.24. The number of benzene rings is 1. The molecule has 0 spiro atoms. The lowest BCUT2D eigenvalue weighted by Gasteiger charge is -2.32. The van der Waals surface area contributed by atoms with Crippen LogP contribution in [0.1, 0.15) is 34.5 Å². The first-order chi connectivity index (χ1) is 12.6. The number of rotatable bonds is 3. The maximum Gasteiger partial charge on any atom is 0.251 e. The van der Waals surface area contributed by atoms with Gasteiger partial charge in [0.15, 0.2) is 0 Å². The standard InChI is InChI=1S/C20H23N5O/c1-13-14(2)23-18-5-4-15(12-17(13)18)19(26)24-16-6-10-25(11-7-16)20-21-8-3-9-22-20/h3-5,8-9,12,16,23H,6-7,10-11H2,1-2H3,(H,24,26). The van der Waals surface area contributed by atoms with Gasteiger partial charge in [0.1, 0.15) is 0 Å². The summed E-state index contributed by atoms with van der Waals surface area (Å²) >= 11 is 0. The van der Waals surface area contributed by atoms with E-state index >= 15 is 0 Å². The third kappa shape index (κ3) is 3.14. The van der Waals surface area contributed by atoms with Gasteiger partial charge in [0, 0.05) is 53.7 Å². The van der Waals surface area contributed by atoms with Crippen molar-refractivity contribution in [3.8, 4) is 0 Å². The number of aromatic nitrogens is 3. The van der Waals surface area contributed by atoms with Crippen LogP contribution in [0.4, 0.5) is 5.95 Å². The van der Waals surface area contributed by atoms with E-state index in [1.165, 1.54) is 5.56 Å². The zero-order valence-corrected chi connectivity index (χ0v) is 15.1. The molecule has 1 saturated heterocycles. The molecule has 0 atom stereocenters. The fourth-order valence-electron chi connectivity index (χ4n) is 3.55. The Hall–Kier alpha value is -2.89. The van der Waals surface area contributed by atoms with Gasteiger partial charge in [-0.05, 0) is 56.5 Å². The summed E-state index contributed by atoms with van der Waals surface area (Å²) in [7, 11) is 0. The van der Waals surface area contributed by atoms with E-state index in [4.69, 9.17) is 0 Å². The summed E-state index contributed by atoms with van der Waals surface area (Å²) in [5.74, 6) is 0.764. The van der Waals surface area contributed by atoms with Gasteiger partial charge in [-0.25, -0.2) is 9.97 Å². The number of amides is 1. The first kappa shape index (κ1) is 16.6. The largest absolute Gasteiger partial charge is 0.358 e. The lowest BCUT2D eigenvalue weighted by molar-refractivity contribution is 0.0931. The van der Waals surface area contributed by atoms with E-state index in [-0.39, 0.29) is 11.9 Å². The number of anilines is 1. The number of piperidine rings is 1. The van der Waals surface area contributed by atoms with Crippen molar-refractivity contribution in [1.29, 1.82) is 0 Å². The molecule has 6 nitrogen and oxygen atoms in total. The maximum absolute atomic E-state index is 12.7. The Morgan fingerprint density at radius 1 is 1.19 bits per heavy atom. The number of aryl methyl sites for hydroxylation is 2. The molecule has 3 aromatic rings. The summed E-state index contributed by atoms with van der Waals surface area (Å²) in [6, 6.07) is 7.86. The van der Waals surface area contributed by atoms with Crippen molar-refractivity contribution in [2.45, 2.75) is 32.7 Å². The van der Waals surface area contributed by atoms with Gasteiger partial charge in [-0.3, -0.25) is 4.79 Å². The lowest BCUT2D eigenvalue weighted by atomic mass is 10.0. The van der Waals surface area contributed by atoms with Crippen LogP contribution in [0, 0.1) is 13.8 Å². The highest BCUT2D eigenvalue weighted by molar-refractivity contribution is 5.99. The Bertz CT molecular complexity index is 926. The minimum absolute atomic E-state index is 0.000404. The highest BCUT2D eigenvalue weighted by Gasteiger charge is 2.22. The van der Waals surface area contributed by atoms with E-state index in [1.807, 2.05) is 24.3 Å². The van der Waals surface area contributed by atoms with Gasteiger partial charge >= 0.3 is 0 Å². The summed E-state index contributed by atoms with van der Waals surface area (Å²) in [5, 5.41) is 4.30. The molecule has 2 N–H and O–H groups in total. The van der Waals surface area contributed by atoms with Crippen LogP contribution in [-0.2, 0) is 0 Å². The van der Waals surface area contributed by atoms with Crippen molar-refractivity contribution in [3.05, 3.63) is 53.5 Å². The van der Waals surface area contributed by atoms with E-state index in [9.17, 15) is 4.79 Å². The van der Waals surface area contributed by atoms with Gasteiger partial charge in [-0.1, -0.05) is 0 Å². The van der Waals surface area contributed by atoms with Gasteiger partial charge in [-0.2, -0.15) is 0 Å². The van der Waals surface area contributed by atoms with E-state index in [0.29, 0.717) is 5.56 Å². The number of carbonyl (C=O) groups excluding carboxylic acids is 1. The second kappa shape index (κ2) is 6.78. The SMILES string of the molecule is Cc1[nH]c2ccc(C(=O)NC3CCN(c4ncccn4)CC3)cc2c1C. The smallest absolute Gasteiger partial charge is 0.251 e. The van der Waals surface area contributed by atoms with E-state index < -0.39 is 0 Å². The Kier molecular flexibility index (Phi) is 4.32. The van der Waals surface area contributed by atoms with Crippen LogP contribution < -0.4 is 10.2 Å². The summed E-state index contributed by atoms with van der Waals surface area (Å²) in [4.78, 5) is 26.8. The van der Waals surface area contributed by atoms with Crippen molar-refractivity contribution in [1.82, 2.24) is 20.3 Å². The summed E-state index contributed by atoms with van der Waals surface area (Å²) < 4.78 is 0. The summed E-state index contributed by atoms with van der Waals surface area (Å²) in [6.07, 6.45) is 5.32. The topological polar surface area (TPSA) is 73.9 Å². The van der Waals surface area contributed by atoms with E-state index in [2.05, 4.69) is 39.0 Å². The number of hydrogen-bond donors (Lipinski definition) is 2. The molecule has 4 rings (SSSR count). The number of H-pyrrole nitrogens is 1. The Balaban J connectivity index is 1.40. The van der Waals surface area contributed by atoms with Gasteiger partial charge in [-0.15, -0.1) is 0 Å². The number of nitrogens with zero attached hydrogens (tertiary/aromatic N) is 3. The predicted molar refractivity (Wildman–Crippen MR) is 103 cm³/mol. The van der Waals surface area contributed by atoms with Crippen molar-refractivity contribution in [2.24, 2.45) is 0 Å². The molecule has 3 heterocycles. The molecule has 1 aromatic carbocycles. The van der Waals surface area contributed by atoms with Crippen LogP contribution >= 0.6 is 0 Å². The second-order valence-corrected chi connectivity index (χ2v) is 6.92. The molecule has 1 amide bonds. The summed E-state index contributed by atoms with van der Waals surface area (Å²) in [6.45, 7) is 5.84. The second-order valence-electron chi connectivity index (χ2n) is 6.92. The molecule has 0 aliphatic carbocycles. The average molecular weight is 349 g/mol. The van der Waals surface area contributed by atoms with Crippen LogP contribution in [0.5, 0.6) is 0 Å². The normalized spacial score (nSPS) is 15.4. The van der Waals surface area contributed by atoms with Gasteiger partial charge in [0.25, 0.3) is 5.91 Å². The van der Waals surface area contributed by atoms with Gasteiger partial charge in [0.05, 0.1) is 0 Å². The van der Waals surface area contributed by atoms with Crippen molar-refractivity contribution >= 4 is 22.8 Å².